The van der Waals surface area contributed by atoms with Crippen LogP contribution in [-0.4, -0.2) is 17.4 Å². The van der Waals surface area contributed by atoms with Crippen molar-refractivity contribution < 1.29 is 9.72 Å². The summed E-state index contributed by atoms with van der Waals surface area (Å²) in [6.45, 7) is 4.46. The van der Waals surface area contributed by atoms with Crippen LogP contribution in [0.1, 0.15) is 24.0 Å². The molecule has 0 spiro atoms. The van der Waals surface area contributed by atoms with E-state index in [1.54, 1.807) is 18.2 Å². The first-order valence-corrected chi connectivity index (χ1v) is 7.82. The maximum absolute atomic E-state index is 12.0. The fourth-order valence-corrected chi connectivity index (χ4v) is 2.42. The molecule has 6 nitrogen and oxygen atoms in total. The van der Waals surface area contributed by atoms with Gasteiger partial charge < -0.3 is 10.6 Å². The number of carbonyl (C=O) groups is 1. The predicted molar refractivity (Wildman–Crippen MR) is 95.4 cm³/mol. The number of nitro benzene ring substituents is 1. The molecule has 0 aliphatic carbocycles. The molecule has 0 unspecified atom stereocenters. The summed E-state index contributed by atoms with van der Waals surface area (Å²) in [5.74, 6) is -0.0636. The Kier molecular flexibility index (Phi) is 5.89. The third kappa shape index (κ3) is 4.81. The van der Waals surface area contributed by atoms with Crippen LogP contribution in [0.2, 0.25) is 0 Å². The van der Waals surface area contributed by atoms with Gasteiger partial charge in [0.2, 0.25) is 5.91 Å². The highest BCUT2D eigenvalue weighted by Crippen LogP contribution is 2.23. The molecule has 2 rings (SSSR count). The molecule has 2 aromatic carbocycles. The fraction of sp³-hybridized carbons (Fsp3) is 0.278. The highest BCUT2D eigenvalue weighted by Gasteiger charge is 2.11. The van der Waals surface area contributed by atoms with Crippen molar-refractivity contribution in [2.45, 2.75) is 26.7 Å². The molecular weight excluding hydrogens is 306 g/mol. The van der Waals surface area contributed by atoms with E-state index in [0.717, 1.165) is 16.8 Å². The summed E-state index contributed by atoms with van der Waals surface area (Å²) >= 11 is 0. The summed E-state index contributed by atoms with van der Waals surface area (Å²) in [7, 11) is 0. The van der Waals surface area contributed by atoms with E-state index in [0.29, 0.717) is 25.1 Å². The topological polar surface area (TPSA) is 84.3 Å². The zero-order valence-corrected chi connectivity index (χ0v) is 13.8. The Morgan fingerprint density at radius 1 is 1.12 bits per heavy atom. The van der Waals surface area contributed by atoms with Crippen molar-refractivity contribution >= 4 is 23.0 Å². The van der Waals surface area contributed by atoms with Gasteiger partial charge in [0.15, 0.2) is 0 Å². The number of aryl methyl sites for hydroxylation is 2. The van der Waals surface area contributed by atoms with E-state index in [4.69, 9.17) is 0 Å². The second-order valence-corrected chi connectivity index (χ2v) is 5.67. The van der Waals surface area contributed by atoms with Gasteiger partial charge in [0.25, 0.3) is 5.69 Å². The first kappa shape index (κ1) is 17.5. The minimum atomic E-state index is -0.421. The van der Waals surface area contributed by atoms with Crippen LogP contribution in [0.3, 0.4) is 0 Å². The molecule has 6 heteroatoms. The van der Waals surface area contributed by atoms with E-state index in [1.165, 1.54) is 6.07 Å². The maximum Gasteiger partial charge on any atom is 0.292 e. The van der Waals surface area contributed by atoms with Crippen molar-refractivity contribution in [3.8, 4) is 0 Å². The summed E-state index contributed by atoms with van der Waals surface area (Å²) < 4.78 is 0. The summed E-state index contributed by atoms with van der Waals surface area (Å²) in [6, 6.07) is 12.4. The van der Waals surface area contributed by atoms with Crippen LogP contribution in [0.15, 0.2) is 42.5 Å². The predicted octanol–water partition coefficient (Wildman–Crippen LogP) is 4.04. The number of carbonyl (C=O) groups excluding carboxylic acids is 1. The number of amides is 1. The molecule has 24 heavy (non-hydrogen) atoms. The van der Waals surface area contributed by atoms with Gasteiger partial charge in [-0.15, -0.1) is 0 Å². The first-order chi connectivity index (χ1) is 11.5. The van der Waals surface area contributed by atoms with E-state index < -0.39 is 4.92 Å². The molecule has 0 heterocycles. The zero-order valence-electron chi connectivity index (χ0n) is 13.8. The van der Waals surface area contributed by atoms with Crippen LogP contribution >= 0.6 is 0 Å². The van der Waals surface area contributed by atoms with Gasteiger partial charge in [-0.1, -0.05) is 29.8 Å². The lowest BCUT2D eigenvalue weighted by Crippen LogP contribution is -2.14. The third-order valence-electron chi connectivity index (χ3n) is 3.65. The normalized spacial score (nSPS) is 10.2. The zero-order chi connectivity index (χ0) is 17.5. The van der Waals surface area contributed by atoms with Gasteiger partial charge in [0, 0.05) is 24.7 Å². The van der Waals surface area contributed by atoms with Crippen molar-refractivity contribution in [3.05, 3.63) is 63.7 Å². The molecule has 0 radical (unpaired) electrons. The van der Waals surface area contributed by atoms with Gasteiger partial charge in [0.1, 0.15) is 5.69 Å². The Balaban J connectivity index is 1.80. The van der Waals surface area contributed by atoms with Gasteiger partial charge in [-0.2, -0.15) is 0 Å². The lowest BCUT2D eigenvalue weighted by Gasteiger charge is -2.10. The number of hydrogen-bond donors (Lipinski definition) is 2. The molecule has 2 aromatic rings. The third-order valence-corrected chi connectivity index (χ3v) is 3.65. The molecule has 2 N–H and O–H groups in total. The van der Waals surface area contributed by atoms with Crippen LogP contribution in [0.4, 0.5) is 17.1 Å². The van der Waals surface area contributed by atoms with Gasteiger partial charge in [-0.25, -0.2) is 0 Å². The molecular formula is C18H21N3O3. The molecule has 0 aliphatic heterocycles. The largest absolute Gasteiger partial charge is 0.379 e. The lowest BCUT2D eigenvalue weighted by molar-refractivity contribution is -0.384. The number of nitrogens with zero attached hydrogens (tertiary/aromatic N) is 1. The smallest absolute Gasteiger partial charge is 0.292 e. The highest BCUT2D eigenvalue weighted by molar-refractivity contribution is 5.91. The number of rotatable bonds is 7. The average Bonchev–Trinajstić information content (AvgIpc) is 2.54. The summed E-state index contributed by atoms with van der Waals surface area (Å²) in [4.78, 5) is 22.5. The van der Waals surface area contributed by atoms with Gasteiger partial charge in [0.05, 0.1) is 4.92 Å². The Labute approximate surface area is 141 Å². The van der Waals surface area contributed by atoms with E-state index in [9.17, 15) is 14.9 Å². The van der Waals surface area contributed by atoms with Gasteiger partial charge >= 0.3 is 0 Å². The van der Waals surface area contributed by atoms with E-state index in [1.807, 2.05) is 32.0 Å². The molecule has 0 fully saturated rings. The first-order valence-electron chi connectivity index (χ1n) is 7.82. The lowest BCUT2D eigenvalue weighted by atomic mass is 10.1. The van der Waals surface area contributed by atoms with E-state index in [2.05, 4.69) is 10.6 Å². The monoisotopic (exact) mass is 327 g/mol. The van der Waals surface area contributed by atoms with Crippen molar-refractivity contribution in [2.24, 2.45) is 0 Å². The Hall–Kier alpha value is -2.89. The summed E-state index contributed by atoms with van der Waals surface area (Å²) in [6.07, 6.45) is 0.934. The van der Waals surface area contributed by atoms with Crippen LogP contribution < -0.4 is 10.6 Å². The Morgan fingerprint density at radius 3 is 2.58 bits per heavy atom. The highest BCUT2D eigenvalue weighted by atomic mass is 16.6. The number of hydrogen-bond acceptors (Lipinski definition) is 4. The Morgan fingerprint density at radius 2 is 1.88 bits per heavy atom. The van der Waals surface area contributed by atoms with Gasteiger partial charge in [-0.05, 0) is 38.0 Å². The maximum atomic E-state index is 12.0. The van der Waals surface area contributed by atoms with Crippen LogP contribution in [0.5, 0.6) is 0 Å². The second kappa shape index (κ2) is 8.10. The number of nitro groups is 1. The SMILES string of the molecule is Cc1ccc(NC(=O)CCCNc2ccccc2[N+](=O)[O-])c(C)c1. The number of anilines is 2. The quantitative estimate of drug-likeness (QED) is 0.456. The minimum absolute atomic E-state index is 0.0391. The molecule has 0 saturated heterocycles. The van der Waals surface area contributed by atoms with Crippen LogP contribution in [-0.2, 0) is 4.79 Å². The van der Waals surface area contributed by atoms with Gasteiger partial charge in [-0.3, -0.25) is 14.9 Å². The van der Waals surface area contributed by atoms with Crippen molar-refractivity contribution in [3.63, 3.8) is 0 Å². The molecule has 0 bridgehead atoms. The second-order valence-electron chi connectivity index (χ2n) is 5.67. The van der Waals surface area contributed by atoms with E-state index in [-0.39, 0.29) is 11.6 Å². The minimum Gasteiger partial charge on any atom is -0.379 e. The average molecular weight is 327 g/mol. The molecule has 1 amide bonds. The van der Waals surface area contributed by atoms with Crippen molar-refractivity contribution in [2.75, 3.05) is 17.2 Å². The molecule has 0 atom stereocenters. The summed E-state index contributed by atoms with van der Waals surface area (Å²) in [5, 5.41) is 16.8. The molecule has 0 aromatic heterocycles. The number of nitrogens with one attached hydrogen (secondary N) is 2. The fourth-order valence-electron chi connectivity index (χ4n) is 2.42. The number of para-hydroxylation sites is 2. The van der Waals surface area contributed by atoms with E-state index >= 15 is 0 Å². The van der Waals surface area contributed by atoms with Crippen molar-refractivity contribution in [1.82, 2.24) is 0 Å². The number of benzene rings is 2. The van der Waals surface area contributed by atoms with Crippen LogP contribution in [0.25, 0.3) is 0 Å². The molecule has 0 saturated carbocycles. The summed E-state index contributed by atoms with van der Waals surface area (Å²) in [5.41, 5.74) is 3.51. The molecule has 0 aliphatic rings. The molecule has 126 valence electrons. The van der Waals surface area contributed by atoms with Crippen LogP contribution in [0, 0.1) is 24.0 Å². The standard InChI is InChI=1S/C18H21N3O3/c1-13-9-10-15(14(2)12-13)20-18(22)8-5-11-19-16-6-3-4-7-17(16)21(23)24/h3-4,6-7,9-10,12,19H,5,8,11H2,1-2H3,(H,20,22). The van der Waals surface area contributed by atoms with Crippen molar-refractivity contribution in [1.29, 1.82) is 0 Å². The Bertz CT molecular complexity index is 744.